The summed E-state index contributed by atoms with van der Waals surface area (Å²) in [5, 5.41) is 2.69. The summed E-state index contributed by atoms with van der Waals surface area (Å²) in [6, 6.07) is 9.64. The third kappa shape index (κ3) is 5.66. The normalized spacial score (nSPS) is 12.3. The number of rotatable bonds is 9. The highest BCUT2D eigenvalue weighted by molar-refractivity contribution is 7.89. The van der Waals surface area contributed by atoms with Gasteiger partial charge in [0.1, 0.15) is 5.75 Å². The van der Waals surface area contributed by atoms with E-state index in [1.54, 1.807) is 39.0 Å². The number of sulfonamides is 1. The van der Waals surface area contributed by atoms with Gasteiger partial charge in [-0.1, -0.05) is 26.0 Å². The molecule has 0 spiro atoms. The van der Waals surface area contributed by atoms with Gasteiger partial charge in [-0.15, -0.1) is 0 Å². The predicted octanol–water partition coefficient (Wildman–Crippen LogP) is 3.53. The SMILES string of the molecule is CCN(CC)S(=O)(=O)c1cc(C(=O)OC(C)C(=O)Nc2cc(C)ccc2OC)ccc1C. The minimum absolute atomic E-state index is 0.0391. The van der Waals surface area contributed by atoms with Crippen LogP contribution in [-0.2, 0) is 19.6 Å². The van der Waals surface area contributed by atoms with E-state index in [2.05, 4.69) is 5.32 Å². The Morgan fingerprint density at radius 3 is 2.31 bits per heavy atom. The lowest BCUT2D eigenvalue weighted by Crippen LogP contribution is -2.32. The van der Waals surface area contributed by atoms with Gasteiger partial charge in [-0.2, -0.15) is 4.31 Å². The van der Waals surface area contributed by atoms with Crippen LogP contribution in [0.25, 0.3) is 0 Å². The fourth-order valence-corrected chi connectivity index (χ4v) is 4.85. The average molecular weight is 463 g/mol. The van der Waals surface area contributed by atoms with Gasteiger partial charge in [0.05, 0.1) is 23.3 Å². The zero-order valence-electron chi connectivity index (χ0n) is 19.3. The maximum atomic E-state index is 12.9. The highest BCUT2D eigenvalue weighted by Crippen LogP contribution is 2.26. The van der Waals surface area contributed by atoms with E-state index in [1.165, 1.54) is 30.5 Å². The lowest BCUT2D eigenvalue weighted by atomic mass is 10.1. The van der Waals surface area contributed by atoms with Gasteiger partial charge in [0, 0.05) is 13.1 Å². The van der Waals surface area contributed by atoms with Crippen LogP contribution in [0.5, 0.6) is 5.75 Å². The maximum Gasteiger partial charge on any atom is 0.338 e. The number of amides is 1. The Bertz CT molecular complexity index is 1090. The van der Waals surface area contributed by atoms with Crippen LogP contribution in [0.4, 0.5) is 5.69 Å². The molecule has 1 amide bonds. The largest absolute Gasteiger partial charge is 0.495 e. The number of aryl methyl sites for hydroxylation is 2. The van der Waals surface area contributed by atoms with E-state index in [4.69, 9.17) is 9.47 Å². The number of esters is 1. The van der Waals surface area contributed by atoms with E-state index in [1.807, 2.05) is 13.0 Å². The van der Waals surface area contributed by atoms with Crippen molar-refractivity contribution in [2.45, 2.75) is 45.6 Å². The first-order chi connectivity index (χ1) is 15.0. The zero-order valence-corrected chi connectivity index (χ0v) is 20.1. The van der Waals surface area contributed by atoms with E-state index in [-0.39, 0.29) is 10.5 Å². The molecule has 2 aromatic carbocycles. The molecule has 32 heavy (non-hydrogen) atoms. The summed E-state index contributed by atoms with van der Waals surface area (Å²) < 4.78 is 37.7. The van der Waals surface area contributed by atoms with E-state index < -0.39 is 28.0 Å². The summed E-state index contributed by atoms with van der Waals surface area (Å²) in [5.41, 5.74) is 1.95. The molecule has 0 heterocycles. The van der Waals surface area contributed by atoms with Crippen molar-refractivity contribution in [3.05, 3.63) is 53.1 Å². The number of benzene rings is 2. The molecule has 1 unspecified atom stereocenters. The second kappa shape index (κ2) is 10.6. The van der Waals surface area contributed by atoms with Crippen LogP contribution in [-0.4, -0.2) is 50.9 Å². The topological polar surface area (TPSA) is 102 Å². The molecule has 1 atom stereocenters. The van der Waals surface area contributed by atoms with Crippen molar-refractivity contribution in [1.82, 2.24) is 4.31 Å². The van der Waals surface area contributed by atoms with Crippen LogP contribution >= 0.6 is 0 Å². The molecule has 0 fully saturated rings. The molecule has 2 aromatic rings. The van der Waals surface area contributed by atoms with Crippen molar-refractivity contribution in [3.8, 4) is 5.75 Å². The Morgan fingerprint density at radius 2 is 1.72 bits per heavy atom. The number of nitrogens with one attached hydrogen (secondary N) is 1. The minimum atomic E-state index is -3.75. The van der Waals surface area contributed by atoms with Gasteiger partial charge < -0.3 is 14.8 Å². The molecule has 8 nitrogen and oxygen atoms in total. The first-order valence-corrected chi connectivity index (χ1v) is 11.8. The Kier molecular flexibility index (Phi) is 8.40. The van der Waals surface area contributed by atoms with Crippen molar-refractivity contribution < 1.29 is 27.5 Å². The smallest absolute Gasteiger partial charge is 0.338 e. The van der Waals surface area contributed by atoms with Crippen molar-refractivity contribution in [2.24, 2.45) is 0 Å². The maximum absolute atomic E-state index is 12.9. The van der Waals surface area contributed by atoms with Crippen molar-refractivity contribution in [3.63, 3.8) is 0 Å². The number of nitrogens with zero attached hydrogens (tertiary/aromatic N) is 1. The summed E-state index contributed by atoms with van der Waals surface area (Å²) >= 11 is 0. The molecular formula is C23H30N2O6S. The standard InChI is InChI=1S/C23H30N2O6S/c1-7-25(8-2)32(28,29)21-14-18(11-10-16(21)4)23(27)31-17(5)22(26)24-19-13-15(3)9-12-20(19)30-6/h9-14,17H,7-8H2,1-6H3,(H,24,26). The van der Waals surface area contributed by atoms with Crippen LogP contribution in [0.15, 0.2) is 41.3 Å². The van der Waals surface area contributed by atoms with Gasteiger partial charge in [-0.3, -0.25) is 4.79 Å². The second-order valence-corrected chi connectivity index (χ2v) is 9.22. The molecule has 0 bridgehead atoms. The van der Waals surface area contributed by atoms with Crippen LogP contribution in [0.2, 0.25) is 0 Å². The fourth-order valence-electron chi connectivity index (χ4n) is 3.14. The fraction of sp³-hybridized carbons (Fsp3) is 0.391. The highest BCUT2D eigenvalue weighted by atomic mass is 32.2. The molecule has 0 radical (unpaired) electrons. The Balaban J connectivity index is 2.20. The molecule has 2 rings (SSSR count). The summed E-state index contributed by atoms with van der Waals surface area (Å²) in [6.45, 7) is 9.10. The summed E-state index contributed by atoms with van der Waals surface area (Å²) in [6.07, 6.45) is -1.11. The molecule has 0 saturated heterocycles. The molecule has 9 heteroatoms. The van der Waals surface area contributed by atoms with E-state index in [9.17, 15) is 18.0 Å². The molecule has 174 valence electrons. The molecular weight excluding hydrogens is 432 g/mol. The van der Waals surface area contributed by atoms with E-state index >= 15 is 0 Å². The van der Waals surface area contributed by atoms with Gasteiger partial charge in [0.15, 0.2) is 6.10 Å². The molecule has 0 aliphatic heterocycles. The summed E-state index contributed by atoms with van der Waals surface area (Å²) in [4.78, 5) is 25.3. The van der Waals surface area contributed by atoms with Gasteiger partial charge in [-0.05, 0) is 56.2 Å². The summed E-state index contributed by atoms with van der Waals surface area (Å²) in [7, 11) is -2.26. The molecule has 1 N–H and O–H groups in total. The quantitative estimate of drug-likeness (QED) is 0.572. The molecule has 0 aromatic heterocycles. The van der Waals surface area contributed by atoms with Crippen molar-refractivity contribution >= 4 is 27.6 Å². The molecule has 0 aliphatic carbocycles. The minimum Gasteiger partial charge on any atom is -0.495 e. The Labute approximate surface area is 189 Å². The Morgan fingerprint density at radius 1 is 1.06 bits per heavy atom. The van der Waals surface area contributed by atoms with Crippen molar-refractivity contribution in [2.75, 3.05) is 25.5 Å². The number of hydrogen-bond donors (Lipinski definition) is 1. The lowest BCUT2D eigenvalue weighted by molar-refractivity contribution is -0.123. The predicted molar refractivity (Wildman–Crippen MR) is 123 cm³/mol. The number of carbonyl (C=O) groups is 2. The van der Waals surface area contributed by atoms with Gasteiger partial charge in [0.2, 0.25) is 10.0 Å². The first-order valence-electron chi connectivity index (χ1n) is 10.3. The first kappa shape index (κ1) is 25.4. The van der Waals surface area contributed by atoms with Crippen LogP contribution in [0.1, 0.15) is 42.3 Å². The highest BCUT2D eigenvalue weighted by Gasteiger charge is 2.26. The average Bonchev–Trinajstić information content (AvgIpc) is 2.74. The van der Waals surface area contributed by atoms with Crippen LogP contribution < -0.4 is 10.1 Å². The van der Waals surface area contributed by atoms with Crippen LogP contribution in [0, 0.1) is 13.8 Å². The third-order valence-corrected chi connectivity index (χ3v) is 7.20. The van der Waals surface area contributed by atoms with Crippen LogP contribution in [0.3, 0.4) is 0 Å². The second-order valence-electron chi connectivity index (χ2n) is 7.31. The molecule has 0 aliphatic rings. The number of ether oxygens (including phenoxy) is 2. The van der Waals surface area contributed by atoms with Crippen molar-refractivity contribution in [1.29, 1.82) is 0 Å². The van der Waals surface area contributed by atoms with Gasteiger partial charge in [0.25, 0.3) is 5.91 Å². The number of anilines is 1. The number of hydrogen-bond acceptors (Lipinski definition) is 6. The van der Waals surface area contributed by atoms with Gasteiger partial charge in [-0.25, -0.2) is 13.2 Å². The Hall–Kier alpha value is -2.91. The number of methoxy groups -OCH3 is 1. The van der Waals surface area contributed by atoms with Gasteiger partial charge >= 0.3 is 5.97 Å². The lowest BCUT2D eigenvalue weighted by Gasteiger charge is -2.20. The molecule has 0 saturated carbocycles. The number of carbonyl (C=O) groups excluding carboxylic acids is 2. The monoisotopic (exact) mass is 462 g/mol. The summed E-state index contributed by atoms with van der Waals surface area (Å²) in [5.74, 6) is -0.850. The van der Waals surface area contributed by atoms with E-state index in [0.29, 0.717) is 30.1 Å². The zero-order chi connectivity index (χ0) is 24.1. The van der Waals surface area contributed by atoms with E-state index in [0.717, 1.165) is 5.56 Å². The third-order valence-electron chi connectivity index (χ3n) is 5.01.